The second kappa shape index (κ2) is 6.15. The first kappa shape index (κ1) is 13.9. The third-order valence-corrected chi connectivity index (χ3v) is 4.07. The van der Waals surface area contributed by atoms with E-state index >= 15 is 0 Å². The van der Waals surface area contributed by atoms with Gasteiger partial charge >= 0.3 is 0 Å². The topological polar surface area (TPSA) is 17.0 Å². The van der Waals surface area contributed by atoms with Crippen molar-refractivity contribution in [3.05, 3.63) is 71.4 Å². The molecule has 0 saturated carbocycles. The molecule has 108 valence electrons. The van der Waals surface area contributed by atoms with Crippen LogP contribution in [0.3, 0.4) is 0 Å². The maximum atomic E-state index is 3.42. The lowest BCUT2D eigenvalue weighted by Crippen LogP contribution is -2.11. The van der Waals surface area contributed by atoms with E-state index in [4.69, 9.17) is 0 Å². The molecule has 1 heterocycles. The number of rotatable bonds is 5. The van der Waals surface area contributed by atoms with Crippen molar-refractivity contribution in [2.45, 2.75) is 26.9 Å². The van der Waals surface area contributed by atoms with Crippen molar-refractivity contribution in [2.24, 2.45) is 0 Å². The molecule has 0 aliphatic rings. The number of aryl methyl sites for hydroxylation is 1. The zero-order chi connectivity index (χ0) is 14.7. The molecule has 0 bridgehead atoms. The first-order valence-electron chi connectivity index (χ1n) is 7.61. The van der Waals surface area contributed by atoms with Gasteiger partial charge in [0.2, 0.25) is 0 Å². The molecule has 3 rings (SSSR count). The molecule has 3 aromatic rings. The molecule has 2 heteroatoms. The predicted molar refractivity (Wildman–Crippen MR) is 89.6 cm³/mol. The number of aromatic nitrogens is 1. The Balaban J connectivity index is 1.95. The molecule has 0 fully saturated rings. The van der Waals surface area contributed by atoms with Crippen LogP contribution in [-0.4, -0.2) is 11.1 Å². The Hall–Kier alpha value is -2.06. The Morgan fingerprint density at radius 2 is 1.76 bits per heavy atom. The summed E-state index contributed by atoms with van der Waals surface area (Å²) < 4.78 is 2.34. The van der Waals surface area contributed by atoms with Gasteiger partial charge in [-0.3, -0.25) is 0 Å². The Morgan fingerprint density at radius 1 is 0.952 bits per heavy atom. The van der Waals surface area contributed by atoms with Crippen LogP contribution in [0.1, 0.15) is 23.6 Å². The largest absolute Gasteiger partial charge is 0.343 e. The normalized spacial score (nSPS) is 11.1. The molecular formula is C19H22N2. The summed E-state index contributed by atoms with van der Waals surface area (Å²) in [5, 5.41) is 4.77. The van der Waals surface area contributed by atoms with Gasteiger partial charge in [-0.2, -0.15) is 0 Å². The van der Waals surface area contributed by atoms with Crippen molar-refractivity contribution in [3.63, 3.8) is 0 Å². The lowest BCUT2D eigenvalue weighted by Gasteiger charge is -2.10. The highest BCUT2D eigenvalue weighted by molar-refractivity contribution is 5.83. The monoisotopic (exact) mass is 278 g/mol. The molecule has 2 aromatic carbocycles. The van der Waals surface area contributed by atoms with Crippen LogP contribution in [0.15, 0.2) is 54.7 Å². The van der Waals surface area contributed by atoms with Crippen molar-refractivity contribution in [3.8, 4) is 0 Å². The first-order valence-corrected chi connectivity index (χ1v) is 7.61. The molecule has 0 spiro atoms. The molecule has 21 heavy (non-hydrogen) atoms. The van der Waals surface area contributed by atoms with Gasteiger partial charge in [-0.25, -0.2) is 0 Å². The standard InChI is InChI=1S/C19H22N2/c1-3-20-13-16-9-6-10-19-18(16)11-12-21(19)14-17-8-5-4-7-15(17)2/h4-12,20H,3,13-14H2,1-2H3. The van der Waals surface area contributed by atoms with Gasteiger partial charge < -0.3 is 9.88 Å². The van der Waals surface area contributed by atoms with Crippen LogP contribution in [0.5, 0.6) is 0 Å². The molecule has 0 unspecified atom stereocenters. The van der Waals surface area contributed by atoms with Gasteiger partial charge in [0.1, 0.15) is 0 Å². The van der Waals surface area contributed by atoms with Gasteiger partial charge in [-0.15, -0.1) is 0 Å². The van der Waals surface area contributed by atoms with Crippen LogP contribution in [0, 0.1) is 6.92 Å². The van der Waals surface area contributed by atoms with Crippen LogP contribution in [0.4, 0.5) is 0 Å². The second-order valence-corrected chi connectivity index (χ2v) is 5.50. The number of hydrogen-bond acceptors (Lipinski definition) is 1. The van der Waals surface area contributed by atoms with Gasteiger partial charge in [0.05, 0.1) is 0 Å². The third kappa shape index (κ3) is 2.86. The van der Waals surface area contributed by atoms with E-state index in [0.29, 0.717) is 0 Å². The van der Waals surface area contributed by atoms with Crippen molar-refractivity contribution >= 4 is 10.9 Å². The molecular weight excluding hydrogens is 256 g/mol. The molecule has 0 amide bonds. The fourth-order valence-electron chi connectivity index (χ4n) is 2.81. The number of benzene rings is 2. The average molecular weight is 278 g/mol. The van der Waals surface area contributed by atoms with Gasteiger partial charge in [0.15, 0.2) is 0 Å². The van der Waals surface area contributed by atoms with Crippen LogP contribution in [-0.2, 0) is 13.1 Å². The maximum absolute atomic E-state index is 3.42. The number of nitrogens with zero attached hydrogens (tertiary/aromatic N) is 1. The Bertz CT molecular complexity index is 740. The molecule has 1 aromatic heterocycles. The quantitative estimate of drug-likeness (QED) is 0.743. The number of nitrogens with one attached hydrogen (secondary N) is 1. The van der Waals surface area contributed by atoms with Crippen LogP contribution in [0.2, 0.25) is 0 Å². The highest BCUT2D eigenvalue weighted by Crippen LogP contribution is 2.22. The van der Waals surface area contributed by atoms with E-state index in [-0.39, 0.29) is 0 Å². The molecule has 0 atom stereocenters. The molecule has 0 aliphatic carbocycles. The van der Waals surface area contributed by atoms with E-state index in [9.17, 15) is 0 Å². The highest BCUT2D eigenvalue weighted by atomic mass is 15.0. The first-order chi connectivity index (χ1) is 10.3. The Kier molecular flexibility index (Phi) is 4.07. The van der Waals surface area contributed by atoms with E-state index in [2.05, 4.69) is 78.5 Å². The molecule has 2 nitrogen and oxygen atoms in total. The molecule has 0 saturated heterocycles. The van der Waals surface area contributed by atoms with E-state index < -0.39 is 0 Å². The summed E-state index contributed by atoms with van der Waals surface area (Å²) in [6, 6.07) is 17.4. The van der Waals surface area contributed by atoms with Crippen molar-refractivity contribution in [1.29, 1.82) is 0 Å². The van der Waals surface area contributed by atoms with Crippen molar-refractivity contribution < 1.29 is 0 Å². The van der Waals surface area contributed by atoms with Gasteiger partial charge in [-0.1, -0.05) is 43.3 Å². The van der Waals surface area contributed by atoms with Crippen molar-refractivity contribution in [2.75, 3.05) is 6.54 Å². The summed E-state index contributed by atoms with van der Waals surface area (Å²) in [5.41, 5.74) is 5.42. The maximum Gasteiger partial charge on any atom is 0.0486 e. The smallest absolute Gasteiger partial charge is 0.0486 e. The molecule has 0 radical (unpaired) electrons. The highest BCUT2D eigenvalue weighted by Gasteiger charge is 2.06. The zero-order valence-corrected chi connectivity index (χ0v) is 12.8. The fourth-order valence-corrected chi connectivity index (χ4v) is 2.81. The number of hydrogen-bond donors (Lipinski definition) is 1. The lowest BCUT2D eigenvalue weighted by atomic mass is 10.1. The Morgan fingerprint density at radius 3 is 2.57 bits per heavy atom. The van der Waals surface area contributed by atoms with Gasteiger partial charge in [-0.05, 0) is 42.3 Å². The zero-order valence-electron chi connectivity index (χ0n) is 12.8. The minimum absolute atomic E-state index is 0.931. The molecule has 0 aliphatic heterocycles. The van der Waals surface area contributed by atoms with E-state index in [1.165, 1.54) is 27.6 Å². The summed E-state index contributed by atoms with van der Waals surface area (Å²) in [6.07, 6.45) is 2.20. The lowest BCUT2D eigenvalue weighted by molar-refractivity contribution is 0.730. The summed E-state index contributed by atoms with van der Waals surface area (Å²) in [4.78, 5) is 0. The predicted octanol–water partition coefficient (Wildman–Crippen LogP) is 4.11. The summed E-state index contributed by atoms with van der Waals surface area (Å²) in [6.45, 7) is 7.18. The van der Waals surface area contributed by atoms with Crippen LogP contribution >= 0.6 is 0 Å². The summed E-state index contributed by atoms with van der Waals surface area (Å²) in [5.74, 6) is 0. The van der Waals surface area contributed by atoms with Crippen LogP contribution < -0.4 is 5.32 Å². The fraction of sp³-hybridized carbons (Fsp3) is 0.263. The van der Waals surface area contributed by atoms with Crippen molar-refractivity contribution in [1.82, 2.24) is 9.88 Å². The van der Waals surface area contributed by atoms with Crippen LogP contribution in [0.25, 0.3) is 10.9 Å². The Labute approximate surface area is 126 Å². The summed E-state index contributed by atoms with van der Waals surface area (Å²) in [7, 11) is 0. The second-order valence-electron chi connectivity index (χ2n) is 5.50. The number of fused-ring (bicyclic) bond motifs is 1. The molecule has 1 N–H and O–H groups in total. The minimum Gasteiger partial charge on any atom is -0.343 e. The summed E-state index contributed by atoms with van der Waals surface area (Å²) >= 11 is 0. The average Bonchev–Trinajstić information content (AvgIpc) is 2.91. The minimum atomic E-state index is 0.931. The van der Waals surface area contributed by atoms with Gasteiger partial charge in [0.25, 0.3) is 0 Å². The SMILES string of the molecule is CCNCc1cccc2c1ccn2Cc1ccccc1C. The van der Waals surface area contributed by atoms with Gasteiger partial charge in [0, 0.05) is 30.2 Å². The third-order valence-electron chi connectivity index (χ3n) is 4.07. The van der Waals surface area contributed by atoms with E-state index in [1.54, 1.807) is 0 Å². The van der Waals surface area contributed by atoms with E-state index in [0.717, 1.165) is 19.6 Å². The van der Waals surface area contributed by atoms with E-state index in [1.807, 2.05) is 0 Å².